The summed E-state index contributed by atoms with van der Waals surface area (Å²) in [6.45, 7) is 3.17. The minimum Gasteiger partial charge on any atom is -0.465 e. The molecule has 0 unspecified atom stereocenters. The molecule has 1 aliphatic heterocycles. The van der Waals surface area contributed by atoms with Crippen molar-refractivity contribution in [2.75, 3.05) is 13.1 Å². The summed E-state index contributed by atoms with van der Waals surface area (Å²) in [6, 6.07) is 9.40. The third-order valence-corrected chi connectivity index (χ3v) is 5.22. The fraction of sp³-hybridized carbons (Fsp3) is 0.421. The Labute approximate surface area is 168 Å². The van der Waals surface area contributed by atoms with Gasteiger partial charge in [-0.2, -0.15) is 0 Å². The number of imidazole rings is 1. The first-order valence-corrected chi connectivity index (χ1v) is 9.66. The van der Waals surface area contributed by atoms with E-state index in [1.165, 1.54) is 4.90 Å². The van der Waals surface area contributed by atoms with Crippen LogP contribution in [-0.2, 0) is 13.0 Å². The van der Waals surface area contributed by atoms with Crippen LogP contribution in [0.3, 0.4) is 0 Å². The molecule has 2 heterocycles. The summed E-state index contributed by atoms with van der Waals surface area (Å²) in [5.41, 5.74) is 1.80. The van der Waals surface area contributed by atoms with Crippen LogP contribution in [0.25, 0.3) is 0 Å². The van der Waals surface area contributed by atoms with Crippen LogP contribution in [0.5, 0.6) is 0 Å². The van der Waals surface area contributed by atoms with Crippen LogP contribution in [0.2, 0.25) is 5.15 Å². The van der Waals surface area contributed by atoms with Crippen LogP contribution in [0.15, 0.2) is 30.3 Å². The molecule has 28 heavy (non-hydrogen) atoms. The molecule has 1 saturated heterocycles. The quantitative estimate of drug-likeness (QED) is 0.589. The van der Waals surface area contributed by atoms with E-state index < -0.39 is 6.09 Å². The molecule has 1 aromatic heterocycles. The van der Waals surface area contributed by atoms with Crippen LogP contribution in [0.1, 0.15) is 35.2 Å². The predicted octanol–water partition coefficient (Wildman–Crippen LogP) is 2.27. The van der Waals surface area contributed by atoms with Crippen molar-refractivity contribution in [1.29, 1.82) is 0 Å². The van der Waals surface area contributed by atoms with Crippen molar-refractivity contribution in [3.63, 3.8) is 0 Å². The Hall–Kier alpha value is -2.58. The maximum Gasteiger partial charge on any atom is 0.407 e. The SMILES string of the molecule is CCc1[nH]c(C(=O)N[C@H]2CCN(C(=O)O)C[C@@H]2NCc2ccccc2)nc1Cl. The molecule has 0 bridgehead atoms. The molecule has 1 fully saturated rings. The molecule has 2 amide bonds. The van der Waals surface area contributed by atoms with Gasteiger partial charge in [-0.15, -0.1) is 0 Å². The van der Waals surface area contributed by atoms with E-state index in [4.69, 9.17) is 11.6 Å². The summed E-state index contributed by atoms with van der Waals surface area (Å²) in [5.74, 6) is -0.175. The highest BCUT2D eigenvalue weighted by Gasteiger charge is 2.33. The zero-order chi connectivity index (χ0) is 20.1. The number of H-pyrrole nitrogens is 1. The number of halogens is 1. The fourth-order valence-electron chi connectivity index (χ4n) is 3.32. The van der Waals surface area contributed by atoms with Gasteiger partial charge in [-0.1, -0.05) is 48.9 Å². The molecule has 9 heteroatoms. The van der Waals surface area contributed by atoms with E-state index in [2.05, 4.69) is 20.6 Å². The number of likely N-dealkylation sites (tertiary alicyclic amines) is 1. The van der Waals surface area contributed by atoms with Gasteiger partial charge in [-0.25, -0.2) is 9.78 Å². The number of nitrogens with zero attached hydrogens (tertiary/aromatic N) is 2. The van der Waals surface area contributed by atoms with E-state index in [0.717, 1.165) is 5.56 Å². The van der Waals surface area contributed by atoms with Crippen molar-refractivity contribution in [1.82, 2.24) is 25.5 Å². The average molecular weight is 406 g/mol. The van der Waals surface area contributed by atoms with Crippen LogP contribution in [-0.4, -0.2) is 57.1 Å². The number of amides is 2. The highest BCUT2D eigenvalue weighted by Crippen LogP contribution is 2.16. The van der Waals surface area contributed by atoms with E-state index in [1.54, 1.807) is 0 Å². The van der Waals surface area contributed by atoms with E-state index in [9.17, 15) is 14.7 Å². The highest BCUT2D eigenvalue weighted by molar-refractivity contribution is 6.30. The molecule has 0 aliphatic carbocycles. The molecular formula is C19H24ClN5O3. The van der Waals surface area contributed by atoms with Crippen molar-refractivity contribution in [2.45, 2.75) is 38.4 Å². The van der Waals surface area contributed by atoms with Gasteiger partial charge in [0.05, 0.1) is 5.69 Å². The van der Waals surface area contributed by atoms with Gasteiger partial charge >= 0.3 is 6.09 Å². The second-order valence-electron chi connectivity index (χ2n) is 6.78. The van der Waals surface area contributed by atoms with Gasteiger partial charge < -0.3 is 25.6 Å². The topological polar surface area (TPSA) is 110 Å². The number of piperidine rings is 1. The summed E-state index contributed by atoms with van der Waals surface area (Å²) < 4.78 is 0. The second kappa shape index (κ2) is 9.07. The maximum absolute atomic E-state index is 12.6. The zero-order valence-corrected chi connectivity index (χ0v) is 16.4. The Morgan fingerprint density at radius 3 is 2.71 bits per heavy atom. The van der Waals surface area contributed by atoms with E-state index in [0.29, 0.717) is 43.3 Å². The van der Waals surface area contributed by atoms with Crippen molar-refractivity contribution < 1.29 is 14.7 Å². The number of hydrogen-bond acceptors (Lipinski definition) is 4. The highest BCUT2D eigenvalue weighted by atomic mass is 35.5. The third-order valence-electron chi connectivity index (χ3n) is 4.91. The number of rotatable bonds is 6. The lowest BCUT2D eigenvalue weighted by Gasteiger charge is -2.38. The van der Waals surface area contributed by atoms with E-state index >= 15 is 0 Å². The van der Waals surface area contributed by atoms with E-state index in [-0.39, 0.29) is 23.8 Å². The average Bonchev–Trinajstić information content (AvgIpc) is 3.08. The van der Waals surface area contributed by atoms with Crippen LogP contribution in [0.4, 0.5) is 4.79 Å². The van der Waals surface area contributed by atoms with Crippen molar-refractivity contribution >= 4 is 23.6 Å². The van der Waals surface area contributed by atoms with Gasteiger partial charge in [0.2, 0.25) is 0 Å². The van der Waals surface area contributed by atoms with Crippen LogP contribution < -0.4 is 10.6 Å². The van der Waals surface area contributed by atoms with Gasteiger partial charge in [-0.3, -0.25) is 4.79 Å². The third kappa shape index (κ3) is 4.82. The molecule has 0 saturated carbocycles. The first-order chi connectivity index (χ1) is 13.5. The number of aromatic amines is 1. The monoisotopic (exact) mass is 405 g/mol. The predicted molar refractivity (Wildman–Crippen MR) is 106 cm³/mol. The van der Waals surface area contributed by atoms with Gasteiger partial charge in [-0.05, 0) is 18.4 Å². The lowest BCUT2D eigenvalue weighted by molar-refractivity contribution is 0.0861. The first-order valence-electron chi connectivity index (χ1n) is 9.28. The number of hydrogen-bond donors (Lipinski definition) is 4. The number of carbonyl (C=O) groups excluding carboxylic acids is 1. The fourth-order valence-corrected chi connectivity index (χ4v) is 3.58. The number of aromatic nitrogens is 2. The summed E-state index contributed by atoms with van der Waals surface area (Å²) in [5, 5.41) is 16.0. The van der Waals surface area contributed by atoms with Crippen molar-refractivity contribution in [3.8, 4) is 0 Å². The number of aryl methyl sites for hydroxylation is 1. The lowest BCUT2D eigenvalue weighted by atomic mass is 9.98. The minimum absolute atomic E-state index is 0.171. The molecule has 0 radical (unpaired) electrons. The first kappa shape index (κ1) is 20.2. The van der Waals surface area contributed by atoms with Gasteiger partial charge in [0.25, 0.3) is 5.91 Å². The summed E-state index contributed by atoms with van der Waals surface area (Å²) in [4.78, 5) is 32.4. The number of carbonyl (C=O) groups is 2. The largest absolute Gasteiger partial charge is 0.465 e. The Bertz CT molecular complexity index is 826. The summed E-state index contributed by atoms with van der Waals surface area (Å²) in [7, 11) is 0. The molecule has 1 aromatic carbocycles. The van der Waals surface area contributed by atoms with Crippen LogP contribution in [0, 0.1) is 0 Å². The van der Waals surface area contributed by atoms with Crippen molar-refractivity contribution in [3.05, 3.63) is 52.6 Å². The van der Waals surface area contributed by atoms with Gasteiger partial charge in [0.1, 0.15) is 0 Å². The molecule has 8 nitrogen and oxygen atoms in total. The molecule has 150 valence electrons. The number of benzene rings is 1. The van der Waals surface area contributed by atoms with Crippen LogP contribution >= 0.6 is 11.6 Å². The lowest BCUT2D eigenvalue weighted by Crippen LogP contribution is -2.60. The number of carboxylic acid groups (broad SMARTS) is 1. The van der Waals surface area contributed by atoms with Gasteiger partial charge in [0, 0.05) is 31.7 Å². The molecule has 2 aromatic rings. The molecular weight excluding hydrogens is 382 g/mol. The van der Waals surface area contributed by atoms with E-state index in [1.807, 2.05) is 37.3 Å². The molecule has 0 spiro atoms. The maximum atomic E-state index is 12.6. The zero-order valence-electron chi connectivity index (χ0n) is 15.6. The number of nitrogens with one attached hydrogen (secondary N) is 3. The molecule has 3 rings (SSSR count). The minimum atomic E-state index is -0.957. The smallest absolute Gasteiger partial charge is 0.407 e. The Morgan fingerprint density at radius 2 is 2.07 bits per heavy atom. The van der Waals surface area contributed by atoms with Crippen molar-refractivity contribution in [2.24, 2.45) is 0 Å². The normalized spacial score (nSPS) is 19.4. The summed E-state index contributed by atoms with van der Waals surface area (Å²) in [6.07, 6.45) is 0.207. The molecule has 4 N–H and O–H groups in total. The summed E-state index contributed by atoms with van der Waals surface area (Å²) >= 11 is 6.03. The molecule has 2 atom stereocenters. The Kier molecular flexibility index (Phi) is 6.53. The standard InChI is InChI=1S/C19H24ClN5O3/c1-2-13-16(20)24-17(22-13)18(26)23-14-8-9-25(19(27)28)11-15(14)21-10-12-6-4-3-5-7-12/h3-7,14-15,21H,2,8-11H2,1H3,(H,22,24)(H,23,26)(H,27,28)/t14-,15-/m0/s1. The Morgan fingerprint density at radius 1 is 1.32 bits per heavy atom. The second-order valence-corrected chi connectivity index (χ2v) is 7.14. The van der Waals surface area contributed by atoms with Gasteiger partial charge in [0.15, 0.2) is 11.0 Å². The Balaban J connectivity index is 1.68. The molecule has 1 aliphatic rings.